The van der Waals surface area contributed by atoms with Crippen molar-refractivity contribution in [2.75, 3.05) is 6.61 Å². The summed E-state index contributed by atoms with van der Waals surface area (Å²) in [5.74, 6) is 0.512. The molecule has 5 nitrogen and oxygen atoms in total. The molecule has 0 fully saturated rings. The van der Waals surface area contributed by atoms with Crippen LogP contribution in [0.5, 0.6) is 11.5 Å². The van der Waals surface area contributed by atoms with Crippen LogP contribution in [0.1, 0.15) is 5.56 Å². The first-order valence-electron chi connectivity index (χ1n) is 8.33. The second-order valence-electron chi connectivity index (χ2n) is 5.93. The highest BCUT2D eigenvalue weighted by Crippen LogP contribution is 2.43. The lowest BCUT2D eigenvalue weighted by Gasteiger charge is -2.04. The van der Waals surface area contributed by atoms with Gasteiger partial charge in [0.05, 0.1) is 5.39 Å². The first-order chi connectivity index (χ1) is 13.6. The summed E-state index contributed by atoms with van der Waals surface area (Å²) in [4.78, 5) is 17.1. The normalized spacial score (nSPS) is 10.7. The van der Waals surface area contributed by atoms with E-state index in [2.05, 4.69) is 11.6 Å². The third kappa shape index (κ3) is 3.09. The number of aromatic hydroxyl groups is 1. The zero-order chi connectivity index (χ0) is 19.7. The number of thiophene rings is 2. The maximum atomic E-state index is 11.9. The van der Waals surface area contributed by atoms with Gasteiger partial charge in [-0.1, -0.05) is 12.7 Å². The monoisotopic (exact) mass is 406 g/mol. The van der Waals surface area contributed by atoms with E-state index >= 15 is 0 Å². The number of rotatable bonds is 5. The number of hydrogen-bond acceptors (Lipinski definition) is 6. The number of nitrogens with zero attached hydrogens (tertiary/aromatic N) is 1. The fraction of sp³-hybridized carbons (Fsp3) is 0.0476. The Balaban J connectivity index is 1.73. The van der Waals surface area contributed by atoms with Crippen molar-refractivity contribution in [1.82, 2.24) is 4.98 Å². The number of aromatic amines is 1. The van der Waals surface area contributed by atoms with Crippen molar-refractivity contribution in [3.8, 4) is 38.4 Å². The van der Waals surface area contributed by atoms with Gasteiger partial charge in [0.15, 0.2) is 5.56 Å². The minimum Gasteiger partial charge on any atom is -0.506 e. The van der Waals surface area contributed by atoms with Crippen LogP contribution in [0.25, 0.3) is 31.1 Å². The van der Waals surface area contributed by atoms with Gasteiger partial charge in [0, 0.05) is 20.7 Å². The van der Waals surface area contributed by atoms with E-state index < -0.39 is 5.56 Å². The van der Waals surface area contributed by atoms with Crippen LogP contribution in [0.4, 0.5) is 0 Å². The number of aromatic nitrogens is 1. The van der Waals surface area contributed by atoms with Gasteiger partial charge in [0.2, 0.25) is 0 Å². The van der Waals surface area contributed by atoms with Gasteiger partial charge in [-0.25, -0.2) is 0 Å². The molecule has 0 atom stereocenters. The summed E-state index contributed by atoms with van der Waals surface area (Å²) in [5, 5.41) is 22.0. The van der Waals surface area contributed by atoms with Crippen LogP contribution >= 0.6 is 22.7 Å². The molecule has 0 saturated heterocycles. The van der Waals surface area contributed by atoms with E-state index in [0.717, 1.165) is 26.6 Å². The Kier molecular flexibility index (Phi) is 4.74. The Morgan fingerprint density at radius 3 is 2.68 bits per heavy atom. The third-order valence-electron chi connectivity index (χ3n) is 4.21. The average Bonchev–Trinajstić information content (AvgIpc) is 3.34. The maximum Gasteiger partial charge on any atom is 0.270 e. The van der Waals surface area contributed by atoms with Crippen LogP contribution in [-0.4, -0.2) is 16.7 Å². The molecule has 1 aromatic carbocycles. The van der Waals surface area contributed by atoms with Gasteiger partial charge < -0.3 is 14.8 Å². The van der Waals surface area contributed by atoms with Gasteiger partial charge in [-0.05, 0) is 42.0 Å². The lowest BCUT2D eigenvalue weighted by Crippen LogP contribution is -2.09. The number of nitrogens with one attached hydrogen (secondary N) is 1. The molecular weight excluding hydrogens is 392 g/mol. The Labute approximate surface area is 168 Å². The molecular formula is C21H14N2O3S2. The van der Waals surface area contributed by atoms with Gasteiger partial charge in [-0.2, -0.15) is 5.26 Å². The molecule has 0 radical (unpaired) electrons. The van der Waals surface area contributed by atoms with E-state index in [1.807, 2.05) is 41.8 Å². The summed E-state index contributed by atoms with van der Waals surface area (Å²) < 4.78 is 5.51. The van der Waals surface area contributed by atoms with Crippen molar-refractivity contribution >= 4 is 32.9 Å². The molecule has 3 heterocycles. The SMILES string of the molecule is C=CCOc1ccc(-c2ccc(-c3csc4[nH]c(=O)c(C#N)c(O)c34)s2)cc1. The summed E-state index contributed by atoms with van der Waals surface area (Å²) in [6, 6.07) is 13.6. The molecule has 7 heteroatoms. The number of H-pyrrole nitrogens is 1. The van der Waals surface area contributed by atoms with E-state index in [4.69, 9.17) is 10.00 Å². The molecule has 0 bridgehead atoms. The highest BCUT2D eigenvalue weighted by Gasteiger charge is 2.18. The van der Waals surface area contributed by atoms with Crippen molar-refractivity contribution in [2.24, 2.45) is 0 Å². The molecule has 0 saturated carbocycles. The molecule has 0 aliphatic carbocycles. The van der Waals surface area contributed by atoms with Crippen molar-refractivity contribution in [2.45, 2.75) is 0 Å². The van der Waals surface area contributed by atoms with Crippen molar-refractivity contribution in [3.63, 3.8) is 0 Å². The molecule has 4 aromatic rings. The van der Waals surface area contributed by atoms with Crippen LogP contribution in [0, 0.1) is 11.3 Å². The lowest BCUT2D eigenvalue weighted by molar-refractivity contribution is 0.363. The maximum absolute atomic E-state index is 11.9. The highest BCUT2D eigenvalue weighted by atomic mass is 32.1. The molecule has 0 amide bonds. The number of ether oxygens (including phenoxy) is 1. The standard InChI is InChI=1S/C21H14N2O3S2/c1-2-9-26-13-5-3-12(4-6-13)16-7-8-17(28-16)15-11-27-21-18(15)19(24)14(10-22)20(25)23-21/h2-8,11H,1,9H2,(H2,23,24,25). The predicted octanol–water partition coefficient (Wildman–Crippen LogP) is 5.13. The van der Waals surface area contributed by atoms with Gasteiger partial charge in [-0.3, -0.25) is 4.79 Å². The van der Waals surface area contributed by atoms with E-state index in [1.165, 1.54) is 11.3 Å². The summed E-state index contributed by atoms with van der Waals surface area (Å²) >= 11 is 2.90. The molecule has 4 rings (SSSR count). The van der Waals surface area contributed by atoms with Crippen molar-refractivity contribution in [1.29, 1.82) is 5.26 Å². The Morgan fingerprint density at radius 1 is 1.21 bits per heavy atom. The Bertz CT molecular complexity index is 1270. The van der Waals surface area contributed by atoms with E-state index in [-0.39, 0.29) is 11.3 Å². The first kappa shape index (κ1) is 18.0. The van der Waals surface area contributed by atoms with Gasteiger partial charge in [0.25, 0.3) is 5.56 Å². The van der Waals surface area contributed by atoms with Crippen molar-refractivity contribution in [3.05, 3.63) is 70.4 Å². The largest absolute Gasteiger partial charge is 0.506 e. The number of pyridine rings is 1. The smallest absolute Gasteiger partial charge is 0.270 e. The third-order valence-corrected chi connectivity index (χ3v) is 6.27. The molecule has 0 aliphatic heterocycles. The number of hydrogen-bond donors (Lipinski definition) is 2. The number of fused-ring (bicyclic) bond motifs is 1. The van der Waals surface area contributed by atoms with Gasteiger partial charge in [0.1, 0.15) is 29.0 Å². The summed E-state index contributed by atoms with van der Waals surface area (Å²) in [5.41, 5.74) is 1.01. The first-order valence-corrected chi connectivity index (χ1v) is 10.0. The summed E-state index contributed by atoms with van der Waals surface area (Å²) in [6.45, 7) is 4.10. The van der Waals surface area contributed by atoms with Crippen LogP contribution < -0.4 is 10.3 Å². The molecule has 3 aromatic heterocycles. The topological polar surface area (TPSA) is 86.1 Å². The van der Waals surface area contributed by atoms with E-state index in [1.54, 1.807) is 23.5 Å². The number of nitriles is 1. The molecule has 138 valence electrons. The lowest BCUT2D eigenvalue weighted by atomic mass is 10.1. The Morgan fingerprint density at radius 2 is 1.96 bits per heavy atom. The second-order valence-corrected chi connectivity index (χ2v) is 7.89. The van der Waals surface area contributed by atoms with Crippen LogP contribution in [0.15, 0.2) is 59.2 Å². The molecule has 0 spiro atoms. The van der Waals surface area contributed by atoms with E-state index in [0.29, 0.717) is 16.8 Å². The van der Waals surface area contributed by atoms with Crippen LogP contribution in [0.2, 0.25) is 0 Å². The van der Waals surface area contributed by atoms with Crippen LogP contribution in [-0.2, 0) is 0 Å². The predicted molar refractivity (Wildman–Crippen MR) is 113 cm³/mol. The quantitative estimate of drug-likeness (QED) is 0.450. The fourth-order valence-corrected chi connectivity index (χ4v) is 4.94. The number of benzene rings is 1. The summed E-state index contributed by atoms with van der Waals surface area (Å²) in [7, 11) is 0. The molecule has 2 N–H and O–H groups in total. The van der Waals surface area contributed by atoms with Crippen LogP contribution in [0.3, 0.4) is 0 Å². The second kappa shape index (κ2) is 7.35. The minimum atomic E-state index is -0.577. The molecule has 0 aliphatic rings. The average molecular weight is 406 g/mol. The van der Waals surface area contributed by atoms with Gasteiger partial charge >= 0.3 is 0 Å². The van der Waals surface area contributed by atoms with Crippen molar-refractivity contribution < 1.29 is 9.84 Å². The summed E-state index contributed by atoms with van der Waals surface area (Å²) in [6.07, 6.45) is 1.70. The zero-order valence-electron chi connectivity index (χ0n) is 14.6. The highest BCUT2D eigenvalue weighted by molar-refractivity contribution is 7.20. The fourth-order valence-electron chi connectivity index (χ4n) is 2.88. The van der Waals surface area contributed by atoms with E-state index in [9.17, 15) is 9.90 Å². The Hall–Kier alpha value is -3.34. The molecule has 0 unspecified atom stereocenters. The zero-order valence-corrected chi connectivity index (χ0v) is 16.2. The molecule has 28 heavy (non-hydrogen) atoms. The minimum absolute atomic E-state index is 0.265. The van der Waals surface area contributed by atoms with Gasteiger partial charge in [-0.15, -0.1) is 22.7 Å².